The Morgan fingerprint density at radius 3 is 2.74 bits per heavy atom. The zero-order valence-corrected chi connectivity index (χ0v) is 11.0. The molecular formula is C12H18N4O3. The van der Waals surface area contributed by atoms with Crippen molar-refractivity contribution in [3.8, 4) is 0 Å². The van der Waals surface area contributed by atoms with Gasteiger partial charge in [0.1, 0.15) is 5.69 Å². The number of amides is 1. The first kappa shape index (κ1) is 14.9. The smallest absolute Gasteiger partial charge is 0.293 e. The molecule has 1 rings (SSSR count). The molecule has 1 aromatic carbocycles. The fourth-order valence-corrected chi connectivity index (χ4v) is 1.51. The summed E-state index contributed by atoms with van der Waals surface area (Å²) in [5.41, 5.74) is 6.07. The predicted octanol–water partition coefficient (Wildman–Crippen LogP) is 1.10. The number of hydrogen-bond donors (Lipinski definition) is 3. The van der Waals surface area contributed by atoms with E-state index in [2.05, 4.69) is 10.6 Å². The Bertz CT molecular complexity index is 474. The molecule has 0 spiro atoms. The summed E-state index contributed by atoms with van der Waals surface area (Å²) in [6, 6.07) is 4.20. The number of nitrogens with two attached hydrogens (primary N) is 1. The monoisotopic (exact) mass is 266 g/mol. The highest BCUT2D eigenvalue weighted by Gasteiger charge is 2.17. The van der Waals surface area contributed by atoms with Crippen LogP contribution in [-0.4, -0.2) is 30.0 Å². The van der Waals surface area contributed by atoms with E-state index in [0.29, 0.717) is 18.8 Å². The van der Waals surface area contributed by atoms with Crippen LogP contribution in [-0.2, 0) is 0 Å². The Morgan fingerprint density at radius 1 is 1.53 bits per heavy atom. The van der Waals surface area contributed by atoms with Crippen LogP contribution in [0.5, 0.6) is 0 Å². The summed E-state index contributed by atoms with van der Waals surface area (Å²) < 4.78 is 0. The zero-order valence-electron chi connectivity index (χ0n) is 11.0. The summed E-state index contributed by atoms with van der Waals surface area (Å²) in [5, 5.41) is 16.5. The van der Waals surface area contributed by atoms with Crippen LogP contribution in [0.25, 0.3) is 0 Å². The van der Waals surface area contributed by atoms with E-state index in [1.807, 2.05) is 0 Å². The van der Waals surface area contributed by atoms with Crippen molar-refractivity contribution in [3.05, 3.63) is 33.9 Å². The average Bonchev–Trinajstić information content (AvgIpc) is 2.36. The molecule has 104 valence electrons. The van der Waals surface area contributed by atoms with Gasteiger partial charge in [-0.3, -0.25) is 14.9 Å². The standard InChI is InChI=1S/C12H18N4O3/c1-3-14-12(17)9-4-5-10(15-7-8(2)13)11(6-9)16(18)19/h4-6,8,15H,3,7,13H2,1-2H3,(H,14,17). The normalized spacial score (nSPS) is 11.7. The molecule has 0 aliphatic heterocycles. The maximum atomic E-state index is 11.6. The Balaban J connectivity index is 3.01. The van der Waals surface area contributed by atoms with Gasteiger partial charge < -0.3 is 16.4 Å². The molecule has 7 heteroatoms. The first-order valence-electron chi connectivity index (χ1n) is 6.01. The number of nitrogens with zero attached hydrogens (tertiary/aromatic N) is 1. The summed E-state index contributed by atoms with van der Waals surface area (Å²) >= 11 is 0. The minimum absolute atomic E-state index is 0.123. The number of carbonyl (C=O) groups is 1. The van der Waals surface area contributed by atoms with E-state index in [1.54, 1.807) is 19.9 Å². The lowest BCUT2D eigenvalue weighted by molar-refractivity contribution is -0.384. The molecule has 0 heterocycles. The van der Waals surface area contributed by atoms with Crippen molar-refractivity contribution >= 4 is 17.3 Å². The van der Waals surface area contributed by atoms with Gasteiger partial charge in [-0.25, -0.2) is 0 Å². The van der Waals surface area contributed by atoms with E-state index < -0.39 is 4.92 Å². The average molecular weight is 266 g/mol. The number of carbonyl (C=O) groups excluding carboxylic acids is 1. The van der Waals surface area contributed by atoms with E-state index >= 15 is 0 Å². The Morgan fingerprint density at radius 2 is 2.21 bits per heavy atom. The van der Waals surface area contributed by atoms with Gasteiger partial charge in [-0.1, -0.05) is 0 Å². The van der Waals surface area contributed by atoms with Gasteiger partial charge in [-0.2, -0.15) is 0 Å². The highest BCUT2D eigenvalue weighted by molar-refractivity contribution is 5.95. The summed E-state index contributed by atoms with van der Waals surface area (Å²) in [6.07, 6.45) is 0. The fourth-order valence-electron chi connectivity index (χ4n) is 1.51. The van der Waals surface area contributed by atoms with E-state index in [9.17, 15) is 14.9 Å². The summed E-state index contributed by atoms with van der Waals surface area (Å²) in [7, 11) is 0. The second kappa shape index (κ2) is 6.69. The molecule has 0 saturated heterocycles. The van der Waals surface area contributed by atoms with Crippen molar-refractivity contribution in [2.24, 2.45) is 5.73 Å². The molecule has 1 unspecified atom stereocenters. The third-order valence-electron chi connectivity index (χ3n) is 2.41. The van der Waals surface area contributed by atoms with Gasteiger partial charge in [0.25, 0.3) is 11.6 Å². The molecule has 1 aromatic rings. The summed E-state index contributed by atoms with van der Waals surface area (Å²) in [6.45, 7) is 4.46. The van der Waals surface area contributed by atoms with Crippen molar-refractivity contribution < 1.29 is 9.72 Å². The number of rotatable bonds is 6. The van der Waals surface area contributed by atoms with Crippen LogP contribution in [0.4, 0.5) is 11.4 Å². The molecule has 0 bridgehead atoms. The van der Waals surface area contributed by atoms with Gasteiger partial charge in [0.15, 0.2) is 0 Å². The first-order valence-corrected chi connectivity index (χ1v) is 6.01. The molecule has 0 aliphatic carbocycles. The van der Waals surface area contributed by atoms with E-state index in [-0.39, 0.29) is 23.2 Å². The number of nitrogens with one attached hydrogen (secondary N) is 2. The first-order chi connectivity index (χ1) is 8.95. The van der Waals surface area contributed by atoms with Gasteiger partial charge in [0.2, 0.25) is 0 Å². The van der Waals surface area contributed by atoms with Crippen LogP contribution in [0, 0.1) is 10.1 Å². The Kier molecular flexibility index (Phi) is 5.25. The molecule has 0 radical (unpaired) electrons. The molecule has 7 nitrogen and oxygen atoms in total. The van der Waals surface area contributed by atoms with Crippen LogP contribution in [0.3, 0.4) is 0 Å². The predicted molar refractivity (Wildman–Crippen MR) is 73.2 cm³/mol. The zero-order chi connectivity index (χ0) is 14.4. The van der Waals surface area contributed by atoms with Crippen LogP contribution >= 0.6 is 0 Å². The molecule has 4 N–H and O–H groups in total. The van der Waals surface area contributed by atoms with E-state index in [0.717, 1.165) is 0 Å². The van der Waals surface area contributed by atoms with E-state index in [1.165, 1.54) is 12.1 Å². The van der Waals surface area contributed by atoms with Gasteiger partial charge in [0.05, 0.1) is 4.92 Å². The second-order valence-corrected chi connectivity index (χ2v) is 4.21. The van der Waals surface area contributed by atoms with Gasteiger partial charge in [0, 0.05) is 30.8 Å². The highest BCUT2D eigenvalue weighted by Crippen LogP contribution is 2.25. The van der Waals surface area contributed by atoms with Crippen LogP contribution in [0.2, 0.25) is 0 Å². The molecule has 0 aromatic heterocycles. The van der Waals surface area contributed by atoms with E-state index in [4.69, 9.17) is 5.73 Å². The molecule has 1 amide bonds. The minimum Gasteiger partial charge on any atom is -0.378 e. The lowest BCUT2D eigenvalue weighted by atomic mass is 10.1. The summed E-state index contributed by atoms with van der Waals surface area (Å²) in [5.74, 6) is -0.329. The maximum Gasteiger partial charge on any atom is 0.293 e. The summed E-state index contributed by atoms with van der Waals surface area (Å²) in [4.78, 5) is 22.1. The highest BCUT2D eigenvalue weighted by atomic mass is 16.6. The lowest BCUT2D eigenvalue weighted by Crippen LogP contribution is -2.26. The van der Waals surface area contributed by atoms with Crippen molar-refractivity contribution in [1.29, 1.82) is 0 Å². The van der Waals surface area contributed by atoms with Crippen LogP contribution in [0.15, 0.2) is 18.2 Å². The lowest BCUT2D eigenvalue weighted by Gasteiger charge is -2.10. The minimum atomic E-state index is -0.522. The quantitative estimate of drug-likeness (QED) is 0.527. The third-order valence-corrected chi connectivity index (χ3v) is 2.41. The molecule has 0 saturated carbocycles. The van der Waals surface area contributed by atoms with Crippen molar-refractivity contribution in [3.63, 3.8) is 0 Å². The van der Waals surface area contributed by atoms with Gasteiger partial charge >= 0.3 is 0 Å². The van der Waals surface area contributed by atoms with Gasteiger partial charge in [-0.05, 0) is 26.0 Å². The Labute approximate surface area is 111 Å². The van der Waals surface area contributed by atoms with Crippen molar-refractivity contribution in [2.45, 2.75) is 19.9 Å². The SMILES string of the molecule is CCNC(=O)c1ccc(NCC(C)N)c([N+](=O)[O-])c1. The number of nitro groups is 1. The van der Waals surface area contributed by atoms with Crippen LogP contribution in [0.1, 0.15) is 24.2 Å². The molecular weight excluding hydrogens is 248 g/mol. The largest absolute Gasteiger partial charge is 0.378 e. The third kappa shape index (κ3) is 4.22. The number of hydrogen-bond acceptors (Lipinski definition) is 5. The van der Waals surface area contributed by atoms with Crippen molar-refractivity contribution in [2.75, 3.05) is 18.4 Å². The number of anilines is 1. The maximum absolute atomic E-state index is 11.6. The molecule has 1 atom stereocenters. The Hall–Kier alpha value is -2.15. The number of benzene rings is 1. The topological polar surface area (TPSA) is 110 Å². The van der Waals surface area contributed by atoms with Crippen molar-refractivity contribution in [1.82, 2.24) is 5.32 Å². The number of nitro benzene ring substituents is 1. The van der Waals surface area contributed by atoms with Crippen LogP contribution < -0.4 is 16.4 Å². The second-order valence-electron chi connectivity index (χ2n) is 4.21. The fraction of sp³-hybridized carbons (Fsp3) is 0.417. The molecule has 0 aliphatic rings. The molecule has 19 heavy (non-hydrogen) atoms. The molecule has 0 fully saturated rings. The van der Waals surface area contributed by atoms with Gasteiger partial charge in [-0.15, -0.1) is 0 Å².